The summed E-state index contributed by atoms with van der Waals surface area (Å²) in [5.41, 5.74) is 7.09. The van der Waals surface area contributed by atoms with E-state index in [4.69, 9.17) is 10.5 Å². The third-order valence-corrected chi connectivity index (χ3v) is 4.77. The Morgan fingerprint density at radius 3 is 2.75 bits per heavy atom. The van der Waals surface area contributed by atoms with Gasteiger partial charge in [-0.25, -0.2) is 0 Å². The molecule has 1 aliphatic carbocycles. The molecule has 0 radical (unpaired) electrons. The maximum Gasteiger partial charge on any atom is 0.225 e. The van der Waals surface area contributed by atoms with Crippen LogP contribution >= 0.6 is 12.4 Å². The van der Waals surface area contributed by atoms with Gasteiger partial charge in [0, 0.05) is 5.54 Å². The number of amides is 1. The van der Waals surface area contributed by atoms with Crippen molar-refractivity contribution in [3.8, 4) is 5.75 Å². The lowest BCUT2D eigenvalue weighted by atomic mass is 9.74. The van der Waals surface area contributed by atoms with Crippen LogP contribution in [0.3, 0.4) is 0 Å². The van der Waals surface area contributed by atoms with Gasteiger partial charge in [0.25, 0.3) is 0 Å². The van der Waals surface area contributed by atoms with Crippen molar-refractivity contribution >= 4 is 18.3 Å². The van der Waals surface area contributed by atoms with Gasteiger partial charge in [0.2, 0.25) is 5.91 Å². The molecule has 3 N–H and O–H groups in total. The van der Waals surface area contributed by atoms with E-state index in [0.717, 1.165) is 31.4 Å². The molecule has 1 aromatic rings. The van der Waals surface area contributed by atoms with Crippen LogP contribution in [-0.2, 0) is 4.79 Å². The number of nitrogens with one attached hydrogen (secondary N) is 1. The zero-order chi connectivity index (χ0) is 16.9. The summed E-state index contributed by atoms with van der Waals surface area (Å²) in [5.74, 6) is 1.30. The van der Waals surface area contributed by atoms with Gasteiger partial charge in [0.1, 0.15) is 12.4 Å². The van der Waals surface area contributed by atoms with Crippen molar-refractivity contribution in [2.24, 2.45) is 11.7 Å². The largest absolute Gasteiger partial charge is 0.491 e. The zero-order valence-corrected chi connectivity index (χ0v) is 15.8. The number of carbonyl (C=O) groups excluding carboxylic acids is 1. The summed E-state index contributed by atoms with van der Waals surface area (Å²) in [7, 11) is 0. The van der Waals surface area contributed by atoms with Crippen molar-refractivity contribution in [3.63, 3.8) is 0 Å². The highest BCUT2D eigenvalue weighted by Crippen LogP contribution is 2.31. The smallest absolute Gasteiger partial charge is 0.225 e. The lowest BCUT2D eigenvalue weighted by molar-refractivity contribution is -0.128. The number of para-hydroxylation sites is 1. The molecule has 0 heterocycles. The van der Waals surface area contributed by atoms with Crippen molar-refractivity contribution in [2.45, 2.75) is 57.9 Å². The highest BCUT2D eigenvalue weighted by atomic mass is 35.5. The predicted molar refractivity (Wildman–Crippen MR) is 101 cm³/mol. The molecule has 0 bridgehead atoms. The van der Waals surface area contributed by atoms with Gasteiger partial charge in [-0.3, -0.25) is 4.79 Å². The average Bonchev–Trinajstić information content (AvgIpc) is 2.51. The first-order valence-electron chi connectivity index (χ1n) is 8.70. The van der Waals surface area contributed by atoms with Crippen LogP contribution in [0.25, 0.3) is 0 Å². The summed E-state index contributed by atoms with van der Waals surface area (Å²) in [6.45, 7) is 7.28. The van der Waals surface area contributed by atoms with Crippen LogP contribution < -0.4 is 15.8 Å². The molecule has 1 amide bonds. The van der Waals surface area contributed by atoms with Crippen LogP contribution in [0.1, 0.15) is 57.9 Å². The van der Waals surface area contributed by atoms with E-state index < -0.39 is 0 Å². The minimum atomic E-state index is -0.382. The summed E-state index contributed by atoms with van der Waals surface area (Å²) in [5, 5.41) is 2.98. The first-order chi connectivity index (χ1) is 10.9. The third-order valence-electron chi connectivity index (χ3n) is 4.77. The van der Waals surface area contributed by atoms with Gasteiger partial charge in [-0.1, -0.05) is 44.9 Å². The van der Waals surface area contributed by atoms with Gasteiger partial charge >= 0.3 is 0 Å². The summed E-state index contributed by atoms with van der Waals surface area (Å²) >= 11 is 0. The summed E-state index contributed by atoms with van der Waals surface area (Å²) < 4.78 is 5.84. The maximum absolute atomic E-state index is 12.4. The summed E-state index contributed by atoms with van der Waals surface area (Å²) in [6, 6.07) is 8.06. The number of ether oxygens (including phenoxy) is 1. The van der Waals surface area contributed by atoms with Crippen LogP contribution in [0.4, 0.5) is 0 Å². The molecule has 0 aliphatic heterocycles. The molecule has 2 atom stereocenters. The molecule has 24 heavy (non-hydrogen) atoms. The van der Waals surface area contributed by atoms with Crippen molar-refractivity contribution in [1.82, 2.24) is 5.32 Å². The Morgan fingerprint density at radius 2 is 2.08 bits per heavy atom. The number of rotatable bonds is 6. The average molecular weight is 355 g/mol. The van der Waals surface area contributed by atoms with Crippen LogP contribution in [0.15, 0.2) is 24.3 Å². The lowest BCUT2D eigenvalue weighted by Gasteiger charge is -2.37. The van der Waals surface area contributed by atoms with Gasteiger partial charge in [0.05, 0.1) is 12.5 Å². The Kier molecular flexibility index (Phi) is 8.04. The molecule has 2 unspecified atom stereocenters. The van der Waals surface area contributed by atoms with Crippen LogP contribution in [0.2, 0.25) is 0 Å². The van der Waals surface area contributed by atoms with E-state index in [0.29, 0.717) is 19.1 Å². The van der Waals surface area contributed by atoms with Crippen molar-refractivity contribution in [2.75, 3.05) is 13.2 Å². The van der Waals surface area contributed by atoms with E-state index in [2.05, 4.69) is 25.2 Å². The Morgan fingerprint density at radius 1 is 1.38 bits per heavy atom. The fraction of sp³-hybridized carbons (Fsp3) is 0.632. The first kappa shape index (κ1) is 20.8. The predicted octanol–water partition coefficient (Wildman–Crippen LogP) is 3.63. The Bertz CT molecular complexity index is 532. The molecule has 1 aromatic carbocycles. The third kappa shape index (κ3) is 5.38. The van der Waals surface area contributed by atoms with Crippen molar-refractivity contribution in [3.05, 3.63) is 29.8 Å². The Balaban J connectivity index is 0.00000288. The molecule has 136 valence electrons. The van der Waals surface area contributed by atoms with Crippen LogP contribution in [-0.4, -0.2) is 24.6 Å². The molecule has 1 aliphatic rings. The molecular formula is C19H31ClN2O2. The number of carbonyl (C=O) groups is 1. The monoisotopic (exact) mass is 354 g/mol. The minimum absolute atomic E-state index is 0. The van der Waals surface area contributed by atoms with Crippen molar-refractivity contribution in [1.29, 1.82) is 0 Å². The molecule has 4 nitrogen and oxygen atoms in total. The number of hydrogen-bond donors (Lipinski definition) is 2. The number of nitrogens with two attached hydrogens (primary N) is 1. The molecule has 2 rings (SSSR count). The highest BCUT2D eigenvalue weighted by Gasteiger charge is 2.37. The fourth-order valence-electron chi connectivity index (χ4n) is 3.34. The SMILES string of the molecule is CC(C)c1ccccc1OCCNC(=O)C1CCCCC1(C)N.Cl. The second kappa shape index (κ2) is 9.28. The van der Waals surface area contributed by atoms with E-state index in [1.807, 2.05) is 25.1 Å². The van der Waals surface area contributed by atoms with Gasteiger partial charge < -0.3 is 15.8 Å². The number of benzene rings is 1. The second-order valence-corrected chi connectivity index (χ2v) is 7.14. The normalized spacial score (nSPS) is 23.5. The van der Waals surface area contributed by atoms with Crippen LogP contribution in [0, 0.1) is 5.92 Å². The molecule has 0 aromatic heterocycles. The van der Waals surface area contributed by atoms with Gasteiger partial charge in [0.15, 0.2) is 0 Å². The van der Waals surface area contributed by atoms with Gasteiger partial charge in [-0.2, -0.15) is 0 Å². The van der Waals surface area contributed by atoms with E-state index >= 15 is 0 Å². The minimum Gasteiger partial charge on any atom is -0.491 e. The Hall–Kier alpha value is -1.26. The molecule has 1 fully saturated rings. The summed E-state index contributed by atoms with van der Waals surface area (Å²) in [4.78, 5) is 12.4. The van der Waals surface area contributed by atoms with E-state index in [1.54, 1.807) is 0 Å². The van der Waals surface area contributed by atoms with Gasteiger partial charge in [-0.05, 0) is 37.3 Å². The van der Waals surface area contributed by atoms with E-state index in [9.17, 15) is 4.79 Å². The number of hydrogen-bond acceptors (Lipinski definition) is 3. The van der Waals surface area contributed by atoms with E-state index in [-0.39, 0.29) is 29.8 Å². The Labute approximate surface area is 151 Å². The topological polar surface area (TPSA) is 64.3 Å². The highest BCUT2D eigenvalue weighted by molar-refractivity contribution is 5.85. The van der Waals surface area contributed by atoms with Crippen LogP contribution in [0.5, 0.6) is 5.75 Å². The maximum atomic E-state index is 12.4. The molecule has 5 heteroatoms. The molecular weight excluding hydrogens is 324 g/mol. The van der Waals surface area contributed by atoms with Gasteiger partial charge in [-0.15, -0.1) is 12.4 Å². The second-order valence-electron chi connectivity index (χ2n) is 7.14. The molecule has 0 saturated heterocycles. The number of halogens is 1. The quantitative estimate of drug-likeness (QED) is 0.766. The van der Waals surface area contributed by atoms with Crippen molar-refractivity contribution < 1.29 is 9.53 Å². The molecule has 0 spiro atoms. The summed E-state index contributed by atoms with van der Waals surface area (Å²) in [6.07, 6.45) is 4.01. The fourth-order valence-corrected chi connectivity index (χ4v) is 3.34. The standard InChI is InChI=1S/C19H30N2O2.ClH/c1-14(2)15-8-4-5-10-17(15)23-13-12-21-18(22)16-9-6-7-11-19(16,3)20;/h4-5,8,10,14,16H,6-7,9,11-13,20H2,1-3H3,(H,21,22);1H. The molecule has 1 saturated carbocycles. The zero-order valence-electron chi connectivity index (χ0n) is 15.0. The lowest BCUT2D eigenvalue weighted by Crippen LogP contribution is -2.53. The first-order valence-corrected chi connectivity index (χ1v) is 8.70. The van der Waals surface area contributed by atoms with E-state index in [1.165, 1.54) is 5.56 Å².